The van der Waals surface area contributed by atoms with Crippen molar-refractivity contribution in [1.82, 2.24) is 15.2 Å². The van der Waals surface area contributed by atoms with Gasteiger partial charge in [0.1, 0.15) is 12.1 Å². The summed E-state index contributed by atoms with van der Waals surface area (Å²) < 4.78 is 5.34. The Morgan fingerprint density at radius 3 is 2.70 bits per heavy atom. The minimum Gasteiger partial charge on any atom is -0.480 e. The topological polar surface area (TPSA) is 109 Å². The first-order valence-corrected chi connectivity index (χ1v) is 10.6. The van der Waals surface area contributed by atoms with Crippen molar-refractivity contribution in [2.75, 3.05) is 19.8 Å². The summed E-state index contributed by atoms with van der Waals surface area (Å²) in [5.74, 6) is -1.18. The summed E-state index contributed by atoms with van der Waals surface area (Å²) in [6.07, 6.45) is 4.73. The lowest BCUT2D eigenvalue weighted by molar-refractivity contribution is -0.151. The van der Waals surface area contributed by atoms with Gasteiger partial charge >= 0.3 is 5.97 Å². The fourth-order valence-electron chi connectivity index (χ4n) is 5.21. The molecule has 0 spiro atoms. The summed E-state index contributed by atoms with van der Waals surface area (Å²) in [5.41, 5.74) is 0.802. The van der Waals surface area contributed by atoms with Crippen molar-refractivity contribution in [3.63, 3.8) is 0 Å². The lowest BCUT2D eigenvalue weighted by Crippen LogP contribution is -2.54. The Bertz CT molecular complexity index is 821. The molecular weight excluding hydrogens is 386 g/mol. The maximum Gasteiger partial charge on any atom is 0.326 e. The van der Waals surface area contributed by atoms with Crippen molar-refractivity contribution in [3.05, 3.63) is 30.1 Å². The first-order chi connectivity index (χ1) is 14.3. The van der Waals surface area contributed by atoms with E-state index in [1.165, 1.54) is 4.90 Å². The molecule has 0 bridgehead atoms. The van der Waals surface area contributed by atoms with Gasteiger partial charge in [0.15, 0.2) is 0 Å². The smallest absolute Gasteiger partial charge is 0.326 e. The number of aliphatic carboxylic acids is 1. The van der Waals surface area contributed by atoms with Crippen LogP contribution in [0.1, 0.15) is 32.3 Å². The third-order valence-electron chi connectivity index (χ3n) is 7.07. The number of rotatable bonds is 7. The van der Waals surface area contributed by atoms with Gasteiger partial charge in [-0.2, -0.15) is 0 Å². The Morgan fingerprint density at radius 1 is 1.33 bits per heavy atom. The number of nitrogens with one attached hydrogen (secondary N) is 1. The summed E-state index contributed by atoms with van der Waals surface area (Å²) in [6, 6.07) is 1.97. The van der Waals surface area contributed by atoms with Crippen molar-refractivity contribution < 1.29 is 24.2 Å². The number of pyridine rings is 1. The fourth-order valence-corrected chi connectivity index (χ4v) is 5.21. The van der Waals surface area contributed by atoms with Crippen LogP contribution >= 0.6 is 0 Å². The van der Waals surface area contributed by atoms with Gasteiger partial charge in [-0.15, -0.1) is 0 Å². The number of aromatic nitrogens is 1. The van der Waals surface area contributed by atoms with Crippen molar-refractivity contribution in [2.24, 2.45) is 23.2 Å². The van der Waals surface area contributed by atoms with Crippen LogP contribution in [0, 0.1) is 23.2 Å². The highest BCUT2D eigenvalue weighted by atomic mass is 16.5. The van der Waals surface area contributed by atoms with E-state index in [2.05, 4.69) is 24.1 Å². The number of carbonyl (C=O) groups is 3. The number of hydrogen-bond donors (Lipinski definition) is 2. The lowest BCUT2D eigenvalue weighted by atomic mass is 9.98. The van der Waals surface area contributed by atoms with Crippen molar-refractivity contribution in [1.29, 1.82) is 0 Å². The standard InChI is InChI=1S/C22H29N3O5/c1-22(2)15-11-25(19(18(15)22)21(28)29)20(27)16(9-13-3-6-23-7-4-13)24-17(26)10-14-5-8-30-12-14/h3-4,6-7,14-16,18-19H,5,8-12H2,1-2H3,(H,24,26)(H,28,29)/t14?,15-,16?,18-,19-/m0/s1. The number of carboxylic acid groups (broad SMARTS) is 1. The van der Waals surface area contributed by atoms with Gasteiger partial charge in [0.2, 0.25) is 11.8 Å². The van der Waals surface area contributed by atoms with Crippen LogP contribution in [0.25, 0.3) is 0 Å². The zero-order valence-corrected chi connectivity index (χ0v) is 17.4. The zero-order valence-electron chi connectivity index (χ0n) is 17.4. The molecule has 162 valence electrons. The molecule has 1 aromatic rings. The van der Waals surface area contributed by atoms with Crippen LogP contribution in [0.2, 0.25) is 0 Å². The van der Waals surface area contributed by atoms with E-state index < -0.39 is 18.1 Å². The number of piperidine rings is 1. The highest BCUT2D eigenvalue weighted by molar-refractivity contribution is 5.92. The van der Waals surface area contributed by atoms with E-state index in [9.17, 15) is 19.5 Å². The molecule has 0 radical (unpaired) electrons. The first kappa shape index (κ1) is 20.8. The number of amides is 2. The van der Waals surface area contributed by atoms with E-state index in [-0.39, 0.29) is 35.0 Å². The van der Waals surface area contributed by atoms with Crippen LogP contribution in [-0.2, 0) is 25.5 Å². The second-order valence-corrected chi connectivity index (χ2v) is 9.34. The molecule has 3 heterocycles. The van der Waals surface area contributed by atoms with Gasteiger partial charge in [-0.3, -0.25) is 14.6 Å². The van der Waals surface area contributed by atoms with Crippen LogP contribution < -0.4 is 5.32 Å². The van der Waals surface area contributed by atoms with Gasteiger partial charge in [0.25, 0.3) is 0 Å². The molecular formula is C22H29N3O5. The van der Waals surface area contributed by atoms with Gasteiger partial charge in [-0.1, -0.05) is 13.8 Å². The Balaban J connectivity index is 1.50. The normalized spacial score (nSPS) is 29.9. The van der Waals surface area contributed by atoms with Crippen molar-refractivity contribution in [3.8, 4) is 0 Å². The summed E-state index contributed by atoms with van der Waals surface area (Å²) in [6.45, 7) is 5.75. The molecule has 4 rings (SSSR count). The molecule has 0 aromatic carbocycles. The highest BCUT2D eigenvalue weighted by Crippen LogP contribution is 2.64. The van der Waals surface area contributed by atoms with Crippen LogP contribution in [0.4, 0.5) is 0 Å². The molecule has 3 fully saturated rings. The van der Waals surface area contributed by atoms with Gasteiger partial charge < -0.3 is 20.1 Å². The largest absolute Gasteiger partial charge is 0.480 e. The minimum atomic E-state index is -0.974. The number of nitrogens with zero attached hydrogens (tertiary/aromatic N) is 2. The SMILES string of the molecule is CC1(C)[C@@H]2[C@@H](C(=O)O)N(C(=O)C(Cc3ccncc3)NC(=O)CC3CCOC3)C[C@@H]21. The number of carbonyl (C=O) groups excluding carboxylic acids is 2. The maximum absolute atomic E-state index is 13.4. The monoisotopic (exact) mass is 415 g/mol. The molecule has 3 aliphatic rings. The predicted molar refractivity (Wildman–Crippen MR) is 107 cm³/mol. The van der Waals surface area contributed by atoms with E-state index in [1.807, 2.05) is 0 Å². The van der Waals surface area contributed by atoms with Crippen LogP contribution in [0.5, 0.6) is 0 Å². The number of fused-ring (bicyclic) bond motifs is 1. The number of carboxylic acids is 1. The third kappa shape index (κ3) is 3.93. The van der Waals surface area contributed by atoms with E-state index in [0.29, 0.717) is 32.6 Å². The van der Waals surface area contributed by atoms with E-state index in [1.54, 1.807) is 24.5 Å². The molecule has 2 saturated heterocycles. The molecule has 2 aliphatic heterocycles. The maximum atomic E-state index is 13.4. The molecule has 5 atom stereocenters. The van der Waals surface area contributed by atoms with E-state index >= 15 is 0 Å². The van der Waals surface area contributed by atoms with Gasteiger partial charge in [0, 0.05) is 50.9 Å². The zero-order chi connectivity index (χ0) is 21.5. The molecule has 1 saturated carbocycles. The molecule has 2 unspecified atom stereocenters. The Morgan fingerprint density at radius 2 is 2.07 bits per heavy atom. The Kier molecular flexibility index (Phi) is 5.53. The summed E-state index contributed by atoms with van der Waals surface area (Å²) >= 11 is 0. The second-order valence-electron chi connectivity index (χ2n) is 9.34. The van der Waals surface area contributed by atoms with Crippen LogP contribution in [0.3, 0.4) is 0 Å². The molecule has 1 aliphatic carbocycles. The minimum absolute atomic E-state index is 0.0353. The molecule has 30 heavy (non-hydrogen) atoms. The number of hydrogen-bond acceptors (Lipinski definition) is 5. The van der Waals surface area contributed by atoms with Crippen LogP contribution in [0.15, 0.2) is 24.5 Å². The molecule has 8 heteroatoms. The average molecular weight is 415 g/mol. The van der Waals surface area contributed by atoms with Gasteiger partial charge in [-0.25, -0.2) is 4.79 Å². The third-order valence-corrected chi connectivity index (χ3v) is 7.07. The molecule has 1 aromatic heterocycles. The number of likely N-dealkylation sites (tertiary alicyclic amines) is 1. The second kappa shape index (κ2) is 7.98. The fraction of sp³-hybridized carbons (Fsp3) is 0.636. The molecule has 2 N–H and O–H groups in total. The van der Waals surface area contributed by atoms with E-state index in [4.69, 9.17) is 4.74 Å². The Labute approximate surface area is 176 Å². The summed E-state index contributed by atoms with van der Waals surface area (Å²) in [7, 11) is 0. The average Bonchev–Trinajstić information content (AvgIpc) is 3.14. The Hall–Kier alpha value is -2.48. The quantitative estimate of drug-likeness (QED) is 0.690. The van der Waals surface area contributed by atoms with Crippen molar-refractivity contribution >= 4 is 17.8 Å². The van der Waals surface area contributed by atoms with Crippen molar-refractivity contribution in [2.45, 2.75) is 45.2 Å². The highest BCUT2D eigenvalue weighted by Gasteiger charge is 2.69. The first-order valence-electron chi connectivity index (χ1n) is 10.6. The summed E-state index contributed by atoms with van der Waals surface area (Å²) in [5, 5.41) is 12.7. The predicted octanol–water partition coefficient (Wildman–Crippen LogP) is 1.10. The molecule has 8 nitrogen and oxygen atoms in total. The van der Waals surface area contributed by atoms with Crippen LogP contribution in [-0.4, -0.2) is 64.6 Å². The van der Waals surface area contributed by atoms with Gasteiger partial charge in [-0.05, 0) is 41.4 Å². The summed E-state index contributed by atoms with van der Waals surface area (Å²) in [4.78, 5) is 43.5. The number of ether oxygens (including phenoxy) is 1. The van der Waals surface area contributed by atoms with E-state index in [0.717, 1.165) is 12.0 Å². The molecule has 2 amide bonds. The lowest BCUT2D eigenvalue weighted by Gasteiger charge is -2.31. The van der Waals surface area contributed by atoms with Gasteiger partial charge in [0.05, 0.1) is 0 Å².